The molecule has 0 rings (SSSR count). The molecule has 1 N–H and O–H groups in total. The van der Waals surface area contributed by atoms with Gasteiger partial charge < -0.3 is 5.11 Å². The van der Waals surface area contributed by atoms with Crippen LogP contribution in [0.1, 0.15) is 70.2 Å². The third-order valence-electron chi connectivity index (χ3n) is 2.75. The van der Waals surface area contributed by atoms with E-state index in [1.807, 2.05) is 41.5 Å². The summed E-state index contributed by atoms with van der Waals surface area (Å²) < 4.78 is 24.8. The van der Waals surface area contributed by atoms with Crippen molar-refractivity contribution in [2.45, 2.75) is 81.9 Å². The van der Waals surface area contributed by atoms with Crippen LogP contribution in [0.2, 0.25) is 0 Å². The monoisotopic (exact) mass is 313 g/mol. The van der Waals surface area contributed by atoms with Crippen LogP contribution in [0.15, 0.2) is 0 Å². The van der Waals surface area contributed by atoms with Crippen LogP contribution in [0.3, 0.4) is 0 Å². The number of sulfonamides is 1. The number of rotatable bonds is 4. The highest BCUT2D eigenvalue weighted by molar-refractivity contribution is 7.88. The summed E-state index contributed by atoms with van der Waals surface area (Å²) in [6.07, 6.45) is 1.16. The molecule has 0 heterocycles. The second-order valence-electron chi connectivity index (χ2n) is 6.68. The maximum Gasteiger partial charge on any atom is 0.211 e. The first-order valence-electron chi connectivity index (χ1n) is 5.92. The number of aliphatic hydroxyl groups is 1. The van der Waals surface area contributed by atoms with Gasteiger partial charge >= 0.3 is 0 Å². The van der Waals surface area contributed by atoms with Gasteiger partial charge in [-0.1, -0.05) is 43.1 Å². The second kappa shape index (κ2) is 9.00. The standard InChI is InChI=1S/C12H27NO3S.3CH4/c1-11(2,3)10(14)8-9-13(12(4,5)6)17(7,15)16;;;/h10,14H,8-9H2,1-7H3;3*1H4. The van der Waals surface area contributed by atoms with Crippen LogP contribution in [-0.2, 0) is 10.0 Å². The smallest absolute Gasteiger partial charge is 0.211 e. The van der Waals surface area contributed by atoms with Crippen molar-refractivity contribution in [1.82, 2.24) is 4.31 Å². The Balaban J connectivity index is -0.000000427. The van der Waals surface area contributed by atoms with Crippen molar-refractivity contribution in [3.05, 3.63) is 0 Å². The van der Waals surface area contributed by atoms with Gasteiger partial charge in [-0.05, 0) is 32.6 Å². The van der Waals surface area contributed by atoms with Gasteiger partial charge in [0.15, 0.2) is 0 Å². The molecule has 1 atom stereocenters. The Morgan fingerprint density at radius 1 is 1.00 bits per heavy atom. The van der Waals surface area contributed by atoms with Crippen LogP contribution >= 0.6 is 0 Å². The molecule has 4 nitrogen and oxygen atoms in total. The van der Waals surface area contributed by atoms with Crippen molar-refractivity contribution in [2.24, 2.45) is 5.41 Å². The molecule has 0 aliphatic carbocycles. The van der Waals surface area contributed by atoms with Crippen molar-refractivity contribution >= 4 is 10.0 Å². The summed E-state index contributed by atoms with van der Waals surface area (Å²) in [6, 6.07) is 0. The van der Waals surface area contributed by atoms with E-state index in [0.717, 1.165) is 0 Å². The van der Waals surface area contributed by atoms with Crippen LogP contribution in [0.4, 0.5) is 0 Å². The molecular weight excluding hydrogens is 274 g/mol. The van der Waals surface area contributed by atoms with Crippen molar-refractivity contribution in [3.63, 3.8) is 0 Å². The Hall–Kier alpha value is -0.130. The first-order chi connectivity index (χ1) is 7.26. The Kier molecular flexibility index (Phi) is 12.6. The lowest BCUT2D eigenvalue weighted by molar-refractivity contribution is 0.0469. The fourth-order valence-corrected chi connectivity index (χ4v) is 3.10. The van der Waals surface area contributed by atoms with E-state index in [1.165, 1.54) is 10.6 Å². The fourth-order valence-electron chi connectivity index (χ4n) is 1.67. The summed E-state index contributed by atoms with van der Waals surface area (Å²) in [5.41, 5.74) is -0.674. The minimum Gasteiger partial charge on any atom is -0.393 e. The summed E-state index contributed by atoms with van der Waals surface area (Å²) in [5.74, 6) is 0. The van der Waals surface area contributed by atoms with E-state index in [1.54, 1.807) is 0 Å². The van der Waals surface area contributed by atoms with Crippen LogP contribution in [0.5, 0.6) is 0 Å². The number of hydrogen-bond donors (Lipinski definition) is 1. The van der Waals surface area contributed by atoms with E-state index >= 15 is 0 Å². The van der Waals surface area contributed by atoms with Gasteiger partial charge in [-0.2, -0.15) is 4.31 Å². The quantitative estimate of drug-likeness (QED) is 0.860. The molecule has 0 aliphatic rings. The highest BCUT2D eigenvalue weighted by Gasteiger charge is 2.31. The molecule has 128 valence electrons. The summed E-state index contributed by atoms with van der Waals surface area (Å²) in [6.45, 7) is 11.8. The first-order valence-corrected chi connectivity index (χ1v) is 7.77. The third kappa shape index (κ3) is 9.72. The minimum atomic E-state index is -3.24. The summed E-state index contributed by atoms with van der Waals surface area (Å²) in [4.78, 5) is 0. The lowest BCUT2D eigenvalue weighted by atomic mass is 9.87. The summed E-state index contributed by atoms with van der Waals surface area (Å²) in [7, 11) is -3.24. The summed E-state index contributed by atoms with van der Waals surface area (Å²) in [5, 5.41) is 9.94. The normalized spacial score (nSPS) is 13.8. The van der Waals surface area contributed by atoms with E-state index < -0.39 is 21.7 Å². The van der Waals surface area contributed by atoms with Crippen LogP contribution in [-0.4, -0.2) is 42.3 Å². The van der Waals surface area contributed by atoms with Crippen molar-refractivity contribution in [1.29, 1.82) is 0 Å². The SMILES string of the molecule is C.C.C.CC(C)(C)C(O)CCN(C(C)(C)C)S(C)(=O)=O. The van der Waals surface area contributed by atoms with Gasteiger partial charge in [0, 0.05) is 12.1 Å². The Morgan fingerprint density at radius 2 is 1.35 bits per heavy atom. The van der Waals surface area contributed by atoms with Crippen molar-refractivity contribution in [2.75, 3.05) is 12.8 Å². The number of aliphatic hydroxyl groups excluding tert-OH is 1. The Morgan fingerprint density at radius 3 is 1.55 bits per heavy atom. The highest BCUT2D eigenvalue weighted by atomic mass is 32.2. The van der Waals surface area contributed by atoms with E-state index in [0.29, 0.717) is 13.0 Å². The molecule has 1 unspecified atom stereocenters. The second-order valence-corrected chi connectivity index (χ2v) is 8.58. The lowest BCUT2D eigenvalue weighted by Gasteiger charge is -2.35. The first kappa shape index (κ1) is 28.1. The molecule has 0 aromatic rings. The lowest BCUT2D eigenvalue weighted by Crippen LogP contribution is -2.46. The van der Waals surface area contributed by atoms with Gasteiger partial charge in [-0.15, -0.1) is 0 Å². The third-order valence-corrected chi connectivity index (χ3v) is 4.28. The molecule has 0 aliphatic heterocycles. The molecule has 0 spiro atoms. The van der Waals surface area contributed by atoms with Gasteiger partial charge in [0.05, 0.1) is 12.4 Å². The molecule has 0 saturated heterocycles. The predicted molar refractivity (Wildman–Crippen MR) is 91.6 cm³/mol. The zero-order valence-electron chi connectivity index (χ0n) is 12.1. The number of nitrogens with zero attached hydrogens (tertiary/aromatic N) is 1. The average molecular weight is 314 g/mol. The van der Waals surface area contributed by atoms with Crippen LogP contribution in [0.25, 0.3) is 0 Å². The van der Waals surface area contributed by atoms with Gasteiger partial charge in [0.25, 0.3) is 0 Å². The van der Waals surface area contributed by atoms with Crippen molar-refractivity contribution in [3.8, 4) is 0 Å². The molecule has 0 amide bonds. The van der Waals surface area contributed by atoms with E-state index in [2.05, 4.69) is 0 Å². The Labute approximate surface area is 128 Å². The zero-order valence-corrected chi connectivity index (χ0v) is 12.9. The molecule has 0 radical (unpaired) electrons. The van der Waals surface area contributed by atoms with Gasteiger partial charge in [0.1, 0.15) is 0 Å². The maximum atomic E-state index is 11.7. The van der Waals surface area contributed by atoms with E-state index in [4.69, 9.17) is 0 Å². The minimum absolute atomic E-state index is 0. The molecular formula is C15H39NO3S. The van der Waals surface area contributed by atoms with Gasteiger partial charge in [-0.25, -0.2) is 8.42 Å². The van der Waals surface area contributed by atoms with E-state index in [-0.39, 0.29) is 27.7 Å². The number of hydrogen-bond acceptors (Lipinski definition) is 3. The highest BCUT2D eigenvalue weighted by Crippen LogP contribution is 2.24. The summed E-state index contributed by atoms with van der Waals surface area (Å²) >= 11 is 0. The fraction of sp³-hybridized carbons (Fsp3) is 1.00. The van der Waals surface area contributed by atoms with E-state index in [9.17, 15) is 13.5 Å². The topological polar surface area (TPSA) is 57.6 Å². The van der Waals surface area contributed by atoms with Crippen molar-refractivity contribution < 1.29 is 13.5 Å². The van der Waals surface area contributed by atoms with Crippen LogP contribution in [0, 0.1) is 5.41 Å². The van der Waals surface area contributed by atoms with Gasteiger partial charge in [-0.3, -0.25) is 0 Å². The largest absolute Gasteiger partial charge is 0.393 e. The average Bonchev–Trinajstić information content (AvgIpc) is 1.96. The maximum absolute atomic E-state index is 11.7. The molecule has 5 heteroatoms. The van der Waals surface area contributed by atoms with Gasteiger partial charge in [0.2, 0.25) is 10.0 Å². The zero-order chi connectivity index (χ0) is 14.1. The Bertz CT molecular complexity index is 337. The predicted octanol–water partition coefficient (Wildman–Crippen LogP) is 3.75. The molecule has 0 aromatic heterocycles. The molecule has 0 aromatic carbocycles. The molecule has 0 fully saturated rings. The molecule has 0 saturated carbocycles. The molecule has 0 bridgehead atoms. The molecule has 20 heavy (non-hydrogen) atoms. The van der Waals surface area contributed by atoms with Crippen LogP contribution < -0.4 is 0 Å².